The second kappa shape index (κ2) is 4.06. The topological polar surface area (TPSA) is 34.4 Å². The van der Waals surface area contributed by atoms with Crippen molar-refractivity contribution in [3.63, 3.8) is 0 Å². The molecule has 0 N–H and O–H groups in total. The zero-order valence-electron chi connectivity index (χ0n) is 8.73. The van der Waals surface area contributed by atoms with Gasteiger partial charge in [0.15, 0.2) is 0 Å². The van der Waals surface area contributed by atoms with Crippen LogP contribution >= 0.6 is 11.8 Å². The van der Waals surface area contributed by atoms with Crippen molar-refractivity contribution in [1.82, 2.24) is 9.38 Å². The van der Waals surface area contributed by atoms with E-state index in [0.29, 0.717) is 0 Å². The molecule has 0 aliphatic rings. The third kappa shape index (κ3) is 1.90. The molecule has 0 saturated carbocycles. The van der Waals surface area contributed by atoms with Gasteiger partial charge in [-0.25, -0.2) is 4.98 Å². The molecule has 3 nitrogen and oxygen atoms in total. The Morgan fingerprint density at radius 2 is 2.27 bits per heavy atom. The largest absolute Gasteiger partial charge is 0.269 e. The lowest BCUT2D eigenvalue weighted by Gasteiger charge is -2.05. The lowest BCUT2D eigenvalue weighted by atomic mass is 10.3. The van der Waals surface area contributed by atoms with Gasteiger partial charge in [0.1, 0.15) is 5.65 Å². The third-order valence-electron chi connectivity index (χ3n) is 2.23. The fourth-order valence-electron chi connectivity index (χ4n) is 1.59. The Morgan fingerprint density at radius 1 is 1.47 bits per heavy atom. The van der Waals surface area contributed by atoms with E-state index < -0.39 is 0 Å². The molecule has 0 bridgehead atoms. The van der Waals surface area contributed by atoms with Gasteiger partial charge < -0.3 is 0 Å². The van der Waals surface area contributed by atoms with Crippen LogP contribution in [0.3, 0.4) is 0 Å². The van der Waals surface area contributed by atoms with E-state index in [0.717, 1.165) is 22.8 Å². The lowest BCUT2D eigenvalue weighted by Crippen LogP contribution is -2.17. The number of hydrogen-bond acceptors (Lipinski definition) is 3. The highest BCUT2D eigenvalue weighted by Gasteiger charge is 2.02. The van der Waals surface area contributed by atoms with Gasteiger partial charge in [0, 0.05) is 17.5 Å². The quantitative estimate of drug-likeness (QED) is 0.774. The SMILES string of the molecule is CSCc1cc(=O)n2c(C)cccc2n1. The molecule has 0 aromatic carbocycles. The van der Waals surface area contributed by atoms with Gasteiger partial charge in [-0.1, -0.05) is 6.07 Å². The van der Waals surface area contributed by atoms with Crippen molar-refractivity contribution in [3.8, 4) is 0 Å². The molecule has 0 aliphatic carbocycles. The van der Waals surface area contributed by atoms with Crippen molar-refractivity contribution >= 4 is 17.4 Å². The van der Waals surface area contributed by atoms with Gasteiger partial charge in [-0.15, -0.1) is 0 Å². The molecule has 2 heterocycles. The van der Waals surface area contributed by atoms with E-state index in [2.05, 4.69) is 4.98 Å². The zero-order chi connectivity index (χ0) is 10.8. The molecule has 2 rings (SSSR count). The molecule has 0 amide bonds. The Morgan fingerprint density at radius 3 is 3.00 bits per heavy atom. The van der Waals surface area contributed by atoms with Crippen LogP contribution in [0.1, 0.15) is 11.4 Å². The highest BCUT2D eigenvalue weighted by molar-refractivity contribution is 7.97. The fourth-order valence-corrected chi connectivity index (χ4v) is 2.03. The first-order chi connectivity index (χ1) is 7.22. The Balaban J connectivity index is 2.73. The highest BCUT2D eigenvalue weighted by atomic mass is 32.2. The van der Waals surface area contributed by atoms with Gasteiger partial charge in [-0.2, -0.15) is 11.8 Å². The molecular formula is C11H12N2OS. The van der Waals surface area contributed by atoms with Crippen molar-refractivity contribution in [3.05, 3.63) is 46.0 Å². The van der Waals surface area contributed by atoms with Crippen LogP contribution in [0.15, 0.2) is 29.1 Å². The summed E-state index contributed by atoms with van der Waals surface area (Å²) in [6, 6.07) is 7.29. The third-order valence-corrected chi connectivity index (χ3v) is 2.81. The van der Waals surface area contributed by atoms with Crippen LogP contribution in [0.4, 0.5) is 0 Å². The van der Waals surface area contributed by atoms with Gasteiger partial charge in [-0.05, 0) is 25.3 Å². The van der Waals surface area contributed by atoms with Crippen LogP contribution in [0.2, 0.25) is 0 Å². The van der Waals surface area contributed by atoms with E-state index in [1.54, 1.807) is 22.2 Å². The summed E-state index contributed by atoms with van der Waals surface area (Å²) in [6.45, 7) is 1.91. The lowest BCUT2D eigenvalue weighted by molar-refractivity contribution is 0.969. The Kier molecular flexibility index (Phi) is 2.77. The van der Waals surface area contributed by atoms with Crippen LogP contribution < -0.4 is 5.56 Å². The number of aryl methyl sites for hydroxylation is 1. The van der Waals surface area contributed by atoms with Gasteiger partial charge in [0.2, 0.25) is 0 Å². The number of hydrogen-bond donors (Lipinski definition) is 0. The van der Waals surface area contributed by atoms with Gasteiger partial charge in [0.05, 0.1) is 5.69 Å². The first-order valence-corrected chi connectivity index (χ1v) is 6.09. The minimum Gasteiger partial charge on any atom is -0.269 e. The zero-order valence-corrected chi connectivity index (χ0v) is 9.54. The number of pyridine rings is 1. The number of fused-ring (bicyclic) bond motifs is 1. The first kappa shape index (κ1) is 10.2. The van der Waals surface area contributed by atoms with Crippen molar-refractivity contribution in [2.75, 3.05) is 6.26 Å². The molecule has 0 saturated heterocycles. The summed E-state index contributed by atoms with van der Waals surface area (Å²) < 4.78 is 1.63. The summed E-state index contributed by atoms with van der Waals surface area (Å²) in [6.07, 6.45) is 2.00. The standard InChI is InChI=1S/C11H12N2OS/c1-8-4-3-5-10-12-9(7-15-2)6-11(14)13(8)10/h3-6H,7H2,1-2H3. The Bertz CT molecular complexity index is 548. The first-order valence-electron chi connectivity index (χ1n) is 4.69. The summed E-state index contributed by atoms with van der Waals surface area (Å²) in [5, 5.41) is 0. The summed E-state index contributed by atoms with van der Waals surface area (Å²) >= 11 is 1.67. The van der Waals surface area contributed by atoms with E-state index in [9.17, 15) is 4.79 Å². The average molecular weight is 220 g/mol. The molecule has 0 spiro atoms. The van der Waals surface area contributed by atoms with E-state index in [1.807, 2.05) is 31.4 Å². The molecule has 2 aromatic heterocycles. The summed E-state index contributed by atoms with van der Waals surface area (Å²) in [5.74, 6) is 0.777. The second-order valence-electron chi connectivity index (χ2n) is 3.38. The summed E-state index contributed by atoms with van der Waals surface area (Å²) in [5.41, 5.74) is 2.49. The predicted molar refractivity (Wildman–Crippen MR) is 63.4 cm³/mol. The smallest absolute Gasteiger partial charge is 0.258 e. The number of rotatable bonds is 2. The summed E-state index contributed by atoms with van der Waals surface area (Å²) in [4.78, 5) is 16.2. The summed E-state index contributed by atoms with van der Waals surface area (Å²) in [7, 11) is 0. The molecule has 15 heavy (non-hydrogen) atoms. The van der Waals surface area contributed by atoms with Crippen LogP contribution in [-0.4, -0.2) is 15.6 Å². The second-order valence-corrected chi connectivity index (χ2v) is 4.25. The average Bonchev–Trinajstić information content (AvgIpc) is 2.17. The minimum absolute atomic E-state index is 0.00199. The highest BCUT2D eigenvalue weighted by Crippen LogP contribution is 2.07. The van der Waals surface area contributed by atoms with Crippen LogP contribution in [0.5, 0.6) is 0 Å². The van der Waals surface area contributed by atoms with E-state index in [-0.39, 0.29) is 5.56 Å². The van der Waals surface area contributed by atoms with Crippen LogP contribution in [0, 0.1) is 6.92 Å². The van der Waals surface area contributed by atoms with Crippen LogP contribution in [-0.2, 0) is 5.75 Å². The van der Waals surface area contributed by atoms with Gasteiger partial charge in [-0.3, -0.25) is 9.20 Å². The van der Waals surface area contributed by atoms with Crippen molar-refractivity contribution < 1.29 is 0 Å². The fraction of sp³-hybridized carbons (Fsp3) is 0.273. The predicted octanol–water partition coefficient (Wildman–Crippen LogP) is 1.87. The van der Waals surface area contributed by atoms with Crippen LogP contribution in [0.25, 0.3) is 5.65 Å². The molecule has 0 aliphatic heterocycles. The maximum absolute atomic E-state index is 11.8. The van der Waals surface area contributed by atoms with E-state index in [4.69, 9.17) is 0 Å². The molecular weight excluding hydrogens is 208 g/mol. The number of nitrogens with zero attached hydrogens (tertiary/aromatic N) is 2. The Labute approximate surface area is 92.2 Å². The number of aromatic nitrogens is 2. The van der Waals surface area contributed by atoms with E-state index in [1.165, 1.54) is 0 Å². The van der Waals surface area contributed by atoms with Gasteiger partial charge >= 0.3 is 0 Å². The molecule has 78 valence electrons. The molecule has 2 aromatic rings. The molecule has 0 atom stereocenters. The molecule has 4 heteroatoms. The maximum Gasteiger partial charge on any atom is 0.258 e. The molecule has 0 fully saturated rings. The van der Waals surface area contributed by atoms with E-state index >= 15 is 0 Å². The van der Waals surface area contributed by atoms with Gasteiger partial charge in [0.25, 0.3) is 5.56 Å². The van der Waals surface area contributed by atoms with Crippen molar-refractivity contribution in [1.29, 1.82) is 0 Å². The Hall–Kier alpha value is -1.29. The normalized spacial score (nSPS) is 10.8. The maximum atomic E-state index is 11.8. The monoisotopic (exact) mass is 220 g/mol. The minimum atomic E-state index is 0.00199. The number of thioether (sulfide) groups is 1. The molecule has 0 unspecified atom stereocenters. The molecule has 0 radical (unpaired) electrons. The van der Waals surface area contributed by atoms with Crippen molar-refractivity contribution in [2.24, 2.45) is 0 Å². The van der Waals surface area contributed by atoms with Crippen molar-refractivity contribution in [2.45, 2.75) is 12.7 Å².